The zero-order chi connectivity index (χ0) is 13.7. The van der Waals surface area contributed by atoms with Crippen molar-refractivity contribution in [3.8, 4) is 0 Å². The number of nitrogens with one attached hydrogen (secondary N) is 1. The van der Waals surface area contributed by atoms with E-state index in [1.807, 2.05) is 0 Å². The molecule has 108 valence electrons. The second kappa shape index (κ2) is 7.44. The third-order valence-electron chi connectivity index (χ3n) is 4.31. The van der Waals surface area contributed by atoms with Gasteiger partial charge in [-0.05, 0) is 31.7 Å². The number of halogens is 1. The highest BCUT2D eigenvalue weighted by molar-refractivity contribution is 9.09. The Labute approximate surface area is 125 Å². The van der Waals surface area contributed by atoms with Crippen LogP contribution in [-0.2, 0) is 6.54 Å². The molecule has 1 fully saturated rings. The van der Waals surface area contributed by atoms with Gasteiger partial charge in [0.25, 0.3) is 0 Å². The maximum absolute atomic E-state index is 4.73. The first-order valence-electron chi connectivity index (χ1n) is 7.54. The molecule has 1 saturated carbocycles. The molecule has 2 atom stereocenters. The van der Waals surface area contributed by atoms with Gasteiger partial charge in [0.2, 0.25) is 0 Å². The molecule has 19 heavy (non-hydrogen) atoms. The summed E-state index contributed by atoms with van der Waals surface area (Å²) in [6, 6.07) is 3.31. The third-order valence-corrected chi connectivity index (χ3v) is 5.34. The van der Waals surface area contributed by atoms with Gasteiger partial charge in [0, 0.05) is 24.1 Å². The van der Waals surface area contributed by atoms with Gasteiger partial charge in [-0.2, -0.15) is 5.10 Å². The van der Waals surface area contributed by atoms with Crippen LogP contribution in [0.15, 0.2) is 12.3 Å². The Hall–Kier alpha value is -0.350. The van der Waals surface area contributed by atoms with Crippen LogP contribution in [0, 0.1) is 5.92 Å². The van der Waals surface area contributed by atoms with Gasteiger partial charge in [0.15, 0.2) is 0 Å². The standard InChI is InChI=1S/C15H26BrN3/c1-12(10-16)13(2)17-11-14-8-9-19(18-14)15-6-4-3-5-7-15/h8-9,12-13,15,17H,3-7,10-11H2,1-2H3. The molecule has 0 aromatic carbocycles. The highest BCUT2D eigenvalue weighted by Crippen LogP contribution is 2.27. The summed E-state index contributed by atoms with van der Waals surface area (Å²) in [5.74, 6) is 0.639. The van der Waals surface area contributed by atoms with E-state index in [1.54, 1.807) is 0 Å². The fourth-order valence-electron chi connectivity index (χ4n) is 2.62. The Kier molecular flexibility index (Phi) is 5.89. The van der Waals surface area contributed by atoms with Crippen LogP contribution in [0.25, 0.3) is 0 Å². The minimum Gasteiger partial charge on any atom is -0.308 e. The molecule has 1 aromatic heterocycles. The average Bonchev–Trinajstić information content (AvgIpc) is 2.93. The van der Waals surface area contributed by atoms with Gasteiger partial charge in [-0.1, -0.05) is 42.1 Å². The van der Waals surface area contributed by atoms with E-state index in [9.17, 15) is 0 Å². The minimum atomic E-state index is 0.513. The molecule has 1 N–H and O–H groups in total. The van der Waals surface area contributed by atoms with Crippen molar-refractivity contribution >= 4 is 15.9 Å². The molecule has 4 heteroatoms. The van der Waals surface area contributed by atoms with E-state index in [0.29, 0.717) is 18.0 Å². The second-order valence-corrected chi connectivity index (χ2v) is 6.53. The normalized spacial score (nSPS) is 20.4. The molecule has 2 unspecified atom stereocenters. The van der Waals surface area contributed by atoms with Crippen LogP contribution < -0.4 is 5.32 Å². The first-order valence-corrected chi connectivity index (χ1v) is 8.66. The molecule has 0 amide bonds. The van der Waals surface area contributed by atoms with Crippen molar-refractivity contribution in [2.24, 2.45) is 5.92 Å². The quantitative estimate of drug-likeness (QED) is 0.803. The third kappa shape index (κ3) is 4.32. The molecule has 3 nitrogen and oxygen atoms in total. The van der Waals surface area contributed by atoms with Gasteiger partial charge in [-0.25, -0.2) is 0 Å². The molecular weight excluding hydrogens is 302 g/mol. The number of rotatable bonds is 6. The van der Waals surface area contributed by atoms with Gasteiger partial charge in [0.1, 0.15) is 0 Å². The molecule has 0 bridgehead atoms. The monoisotopic (exact) mass is 327 g/mol. The van der Waals surface area contributed by atoms with E-state index in [0.717, 1.165) is 11.9 Å². The zero-order valence-corrected chi connectivity index (χ0v) is 13.7. The maximum atomic E-state index is 4.73. The highest BCUT2D eigenvalue weighted by Gasteiger charge is 2.16. The fraction of sp³-hybridized carbons (Fsp3) is 0.800. The molecule has 1 heterocycles. The minimum absolute atomic E-state index is 0.513. The van der Waals surface area contributed by atoms with Crippen molar-refractivity contribution in [3.63, 3.8) is 0 Å². The van der Waals surface area contributed by atoms with Crippen LogP contribution in [-0.4, -0.2) is 21.2 Å². The van der Waals surface area contributed by atoms with Crippen molar-refractivity contribution in [2.45, 2.75) is 64.6 Å². The largest absolute Gasteiger partial charge is 0.308 e. The Morgan fingerprint density at radius 2 is 2.11 bits per heavy atom. The predicted molar refractivity (Wildman–Crippen MR) is 83.6 cm³/mol. The summed E-state index contributed by atoms with van der Waals surface area (Å²) in [6.07, 6.45) is 8.87. The molecule has 0 saturated heterocycles. The number of nitrogens with zero attached hydrogens (tertiary/aromatic N) is 2. The lowest BCUT2D eigenvalue weighted by Crippen LogP contribution is -2.32. The number of aromatic nitrogens is 2. The van der Waals surface area contributed by atoms with Gasteiger partial charge in [-0.3, -0.25) is 4.68 Å². The van der Waals surface area contributed by atoms with E-state index in [4.69, 9.17) is 5.10 Å². The molecule has 0 radical (unpaired) electrons. The number of alkyl halides is 1. The Bertz CT molecular complexity index is 371. The second-order valence-electron chi connectivity index (χ2n) is 5.88. The average molecular weight is 328 g/mol. The van der Waals surface area contributed by atoms with Crippen molar-refractivity contribution in [2.75, 3.05) is 5.33 Å². The molecule has 0 spiro atoms. The fourth-order valence-corrected chi connectivity index (χ4v) is 3.18. The van der Waals surface area contributed by atoms with Crippen molar-refractivity contribution in [1.82, 2.24) is 15.1 Å². The molecule has 1 aliphatic carbocycles. The Morgan fingerprint density at radius 3 is 2.79 bits per heavy atom. The van der Waals surface area contributed by atoms with Crippen LogP contribution in [0.4, 0.5) is 0 Å². The first kappa shape index (κ1) is 15.0. The van der Waals surface area contributed by atoms with Crippen LogP contribution in [0.1, 0.15) is 57.7 Å². The predicted octanol–water partition coefficient (Wildman–Crippen LogP) is 3.90. The number of hydrogen-bond donors (Lipinski definition) is 1. The van der Waals surface area contributed by atoms with E-state index >= 15 is 0 Å². The summed E-state index contributed by atoms with van der Waals surface area (Å²) in [6.45, 7) is 5.37. The first-order chi connectivity index (χ1) is 9.20. The topological polar surface area (TPSA) is 29.9 Å². The van der Waals surface area contributed by atoms with E-state index in [1.165, 1.54) is 37.8 Å². The molecule has 0 aliphatic heterocycles. The Morgan fingerprint density at radius 1 is 1.37 bits per heavy atom. The van der Waals surface area contributed by atoms with Gasteiger partial charge < -0.3 is 5.32 Å². The molecule has 2 rings (SSSR count). The molecule has 1 aromatic rings. The summed E-state index contributed by atoms with van der Waals surface area (Å²) < 4.78 is 2.19. The lowest BCUT2D eigenvalue weighted by atomic mass is 9.96. The van der Waals surface area contributed by atoms with Crippen LogP contribution >= 0.6 is 15.9 Å². The SMILES string of the molecule is CC(CBr)C(C)NCc1ccn(C2CCCCC2)n1. The summed E-state index contributed by atoms with van der Waals surface area (Å²) in [7, 11) is 0. The van der Waals surface area contributed by atoms with Crippen molar-refractivity contribution in [1.29, 1.82) is 0 Å². The van der Waals surface area contributed by atoms with E-state index < -0.39 is 0 Å². The summed E-state index contributed by atoms with van der Waals surface area (Å²) in [4.78, 5) is 0. The lowest BCUT2D eigenvalue weighted by Gasteiger charge is -2.22. The smallest absolute Gasteiger partial charge is 0.0762 e. The van der Waals surface area contributed by atoms with Crippen molar-refractivity contribution < 1.29 is 0 Å². The van der Waals surface area contributed by atoms with Gasteiger partial charge >= 0.3 is 0 Å². The Balaban J connectivity index is 1.83. The summed E-state index contributed by atoms with van der Waals surface area (Å²) >= 11 is 3.54. The van der Waals surface area contributed by atoms with E-state index in [-0.39, 0.29) is 0 Å². The van der Waals surface area contributed by atoms with Gasteiger partial charge in [-0.15, -0.1) is 0 Å². The van der Waals surface area contributed by atoms with Crippen LogP contribution in [0.3, 0.4) is 0 Å². The highest BCUT2D eigenvalue weighted by atomic mass is 79.9. The van der Waals surface area contributed by atoms with Crippen LogP contribution in [0.5, 0.6) is 0 Å². The molecule has 1 aliphatic rings. The molecular formula is C15H26BrN3. The van der Waals surface area contributed by atoms with E-state index in [2.05, 4.69) is 52.0 Å². The summed E-state index contributed by atoms with van der Waals surface area (Å²) in [5.41, 5.74) is 1.17. The van der Waals surface area contributed by atoms with Crippen LogP contribution in [0.2, 0.25) is 0 Å². The number of hydrogen-bond acceptors (Lipinski definition) is 2. The van der Waals surface area contributed by atoms with Gasteiger partial charge in [0.05, 0.1) is 11.7 Å². The lowest BCUT2D eigenvalue weighted by molar-refractivity contribution is 0.327. The summed E-state index contributed by atoms with van der Waals surface area (Å²) in [5, 5.41) is 9.33. The maximum Gasteiger partial charge on any atom is 0.0762 e. The van der Waals surface area contributed by atoms with Crippen molar-refractivity contribution in [3.05, 3.63) is 18.0 Å². The zero-order valence-electron chi connectivity index (χ0n) is 12.1.